The van der Waals surface area contributed by atoms with E-state index in [1.807, 2.05) is 6.07 Å². The number of amides is 2. The maximum Gasteiger partial charge on any atom is 0.291 e. The molecule has 26 heavy (non-hydrogen) atoms. The molecule has 0 bridgehead atoms. The van der Waals surface area contributed by atoms with Gasteiger partial charge >= 0.3 is 0 Å². The Kier molecular flexibility index (Phi) is 4.94. The monoisotopic (exact) mass is 390 g/mol. The molecule has 134 valence electrons. The number of halogens is 2. The van der Waals surface area contributed by atoms with Crippen LogP contribution in [0.25, 0.3) is 11.0 Å². The summed E-state index contributed by atoms with van der Waals surface area (Å²) in [5.41, 5.74) is 2.00. The number of hydrogen-bond acceptors (Lipinski definition) is 3. The molecule has 2 aromatic carbocycles. The lowest BCUT2D eigenvalue weighted by molar-refractivity contribution is 0.0827. The SMILES string of the molecule is Cc1c(C(=O)Nc2ccc(C(=O)N(C)C)c(Cl)c2)oc2c(Cl)cccc12. The van der Waals surface area contributed by atoms with E-state index in [0.29, 0.717) is 27.4 Å². The highest BCUT2D eigenvalue weighted by atomic mass is 35.5. The van der Waals surface area contributed by atoms with Crippen LogP contribution in [-0.2, 0) is 0 Å². The van der Waals surface area contributed by atoms with Crippen molar-refractivity contribution in [2.75, 3.05) is 19.4 Å². The van der Waals surface area contributed by atoms with Gasteiger partial charge in [0.25, 0.3) is 11.8 Å². The molecule has 0 aliphatic carbocycles. The lowest BCUT2D eigenvalue weighted by atomic mass is 10.1. The van der Waals surface area contributed by atoms with Gasteiger partial charge in [0.05, 0.1) is 15.6 Å². The van der Waals surface area contributed by atoms with Gasteiger partial charge in [0.1, 0.15) is 0 Å². The molecule has 0 fully saturated rings. The molecule has 0 radical (unpaired) electrons. The van der Waals surface area contributed by atoms with Crippen molar-refractivity contribution in [1.82, 2.24) is 4.90 Å². The topological polar surface area (TPSA) is 62.6 Å². The molecule has 1 aromatic heterocycles. The Morgan fingerprint density at radius 1 is 1.08 bits per heavy atom. The van der Waals surface area contributed by atoms with Gasteiger partial charge in [-0.2, -0.15) is 0 Å². The molecule has 0 saturated heterocycles. The number of hydrogen-bond donors (Lipinski definition) is 1. The molecule has 1 heterocycles. The molecule has 0 saturated carbocycles. The number of rotatable bonds is 3. The summed E-state index contributed by atoms with van der Waals surface area (Å²) in [7, 11) is 3.29. The molecule has 2 amide bonds. The summed E-state index contributed by atoms with van der Waals surface area (Å²) >= 11 is 12.3. The van der Waals surface area contributed by atoms with Gasteiger partial charge in [-0.1, -0.05) is 35.3 Å². The number of carbonyl (C=O) groups is 2. The van der Waals surface area contributed by atoms with Crippen LogP contribution in [0.15, 0.2) is 40.8 Å². The van der Waals surface area contributed by atoms with Crippen LogP contribution in [0.2, 0.25) is 10.0 Å². The smallest absolute Gasteiger partial charge is 0.291 e. The van der Waals surface area contributed by atoms with Crippen LogP contribution in [-0.4, -0.2) is 30.8 Å². The van der Waals surface area contributed by atoms with Gasteiger partial charge in [-0.3, -0.25) is 9.59 Å². The largest absolute Gasteiger partial charge is 0.449 e. The van der Waals surface area contributed by atoms with Crippen LogP contribution in [0.5, 0.6) is 0 Å². The van der Waals surface area contributed by atoms with Gasteiger partial charge in [-0.15, -0.1) is 0 Å². The quantitative estimate of drug-likeness (QED) is 0.683. The van der Waals surface area contributed by atoms with Gasteiger partial charge in [-0.05, 0) is 31.2 Å². The molecule has 0 aliphatic rings. The first-order valence-electron chi connectivity index (χ1n) is 7.79. The Bertz CT molecular complexity index is 1030. The fourth-order valence-electron chi connectivity index (χ4n) is 2.62. The standard InChI is InChI=1S/C19H16Cl2N2O3/c1-10-12-5-4-6-14(20)17(12)26-16(10)18(24)22-11-7-8-13(15(21)9-11)19(25)23(2)3/h4-9H,1-3H3,(H,22,24). The van der Waals surface area contributed by atoms with E-state index >= 15 is 0 Å². The molecule has 7 heteroatoms. The molecule has 0 spiro atoms. The predicted octanol–water partition coefficient (Wildman–Crippen LogP) is 5.00. The van der Waals surface area contributed by atoms with E-state index in [4.69, 9.17) is 27.6 Å². The molecule has 3 aromatic rings. The third-order valence-corrected chi connectivity index (χ3v) is 4.60. The van der Waals surface area contributed by atoms with E-state index in [0.717, 1.165) is 5.39 Å². The molecular weight excluding hydrogens is 375 g/mol. The third-order valence-electron chi connectivity index (χ3n) is 3.99. The van der Waals surface area contributed by atoms with Crippen LogP contribution >= 0.6 is 23.2 Å². The number of anilines is 1. The minimum atomic E-state index is -0.419. The van der Waals surface area contributed by atoms with Crippen molar-refractivity contribution in [3.8, 4) is 0 Å². The van der Waals surface area contributed by atoms with Crippen molar-refractivity contribution in [2.45, 2.75) is 6.92 Å². The van der Waals surface area contributed by atoms with Gasteiger partial charge in [0, 0.05) is 30.7 Å². The number of para-hydroxylation sites is 1. The number of nitrogens with one attached hydrogen (secondary N) is 1. The highest BCUT2D eigenvalue weighted by Gasteiger charge is 2.20. The zero-order chi connectivity index (χ0) is 19.0. The van der Waals surface area contributed by atoms with Crippen LogP contribution in [0.3, 0.4) is 0 Å². The van der Waals surface area contributed by atoms with Crippen molar-refractivity contribution in [3.63, 3.8) is 0 Å². The third kappa shape index (κ3) is 3.28. The van der Waals surface area contributed by atoms with Gasteiger partial charge in [-0.25, -0.2) is 0 Å². The van der Waals surface area contributed by atoms with E-state index in [1.165, 1.54) is 11.0 Å². The molecule has 3 rings (SSSR count). The zero-order valence-electron chi connectivity index (χ0n) is 14.4. The first kappa shape index (κ1) is 18.3. The average Bonchev–Trinajstić information content (AvgIpc) is 2.93. The Balaban J connectivity index is 1.89. The molecule has 5 nitrogen and oxygen atoms in total. The fourth-order valence-corrected chi connectivity index (χ4v) is 3.09. The fraction of sp³-hybridized carbons (Fsp3) is 0.158. The number of carbonyl (C=O) groups excluding carboxylic acids is 2. The van der Waals surface area contributed by atoms with Crippen molar-refractivity contribution >= 4 is 51.7 Å². The number of aryl methyl sites for hydroxylation is 1. The highest BCUT2D eigenvalue weighted by molar-refractivity contribution is 6.35. The summed E-state index contributed by atoms with van der Waals surface area (Å²) < 4.78 is 5.65. The lowest BCUT2D eigenvalue weighted by Gasteiger charge is -2.12. The van der Waals surface area contributed by atoms with Crippen LogP contribution < -0.4 is 5.32 Å². The Labute approximate surface area is 160 Å². The summed E-state index contributed by atoms with van der Waals surface area (Å²) in [6, 6.07) is 10.1. The molecule has 0 unspecified atom stereocenters. The van der Waals surface area contributed by atoms with Gasteiger partial charge in [0.15, 0.2) is 11.3 Å². The Morgan fingerprint density at radius 3 is 2.42 bits per heavy atom. The van der Waals surface area contributed by atoms with Crippen molar-refractivity contribution in [2.24, 2.45) is 0 Å². The molecular formula is C19H16Cl2N2O3. The first-order valence-corrected chi connectivity index (χ1v) is 8.55. The normalized spacial score (nSPS) is 10.8. The van der Waals surface area contributed by atoms with Crippen molar-refractivity contribution < 1.29 is 14.0 Å². The number of furan rings is 1. The van der Waals surface area contributed by atoms with Crippen molar-refractivity contribution in [3.05, 3.63) is 63.3 Å². The van der Waals surface area contributed by atoms with E-state index in [-0.39, 0.29) is 16.7 Å². The summed E-state index contributed by atoms with van der Waals surface area (Å²) in [5.74, 6) is -0.453. The second-order valence-electron chi connectivity index (χ2n) is 6.02. The number of fused-ring (bicyclic) bond motifs is 1. The summed E-state index contributed by atoms with van der Waals surface area (Å²) in [4.78, 5) is 26.0. The summed E-state index contributed by atoms with van der Waals surface area (Å²) in [6.07, 6.45) is 0. The van der Waals surface area contributed by atoms with E-state index < -0.39 is 5.91 Å². The highest BCUT2D eigenvalue weighted by Crippen LogP contribution is 2.31. The average molecular weight is 391 g/mol. The Hall–Kier alpha value is -2.50. The number of benzene rings is 2. The van der Waals surface area contributed by atoms with Gasteiger partial charge in [0.2, 0.25) is 0 Å². The number of nitrogens with zero attached hydrogens (tertiary/aromatic N) is 1. The van der Waals surface area contributed by atoms with Crippen molar-refractivity contribution in [1.29, 1.82) is 0 Å². The minimum Gasteiger partial charge on any atom is -0.449 e. The molecule has 0 atom stereocenters. The van der Waals surface area contributed by atoms with E-state index in [2.05, 4.69) is 5.32 Å². The summed E-state index contributed by atoms with van der Waals surface area (Å²) in [5, 5.41) is 4.21. The van der Waals surface area contributed by atoms with E-state index in [1.54, 1.807) is 45.3 Å². The predicted molar refractivity (Wildman–Crippen MR) is 103 cm³/mol. The molecule has 0 aliphatic heterocycles. The second kappa shape index (κ2) is 7.02. The zero-order valence-corrected chi connectivity index (χ0v) is 15.9. The second-order valence-corrected chi connectivity index (χ2v) is 6.84. The first-order chi connectivity index (χ1) is 12.3. The van der Waals surface area contributed by atoms with Crippen LogP contribution in [0, 0.1) is 6.92 Å². The van der Waals surface area contributed by atoms with Crippen LogP contribution in [0.1, 0.15) is 26.5 Å². The maximum absolute atomic E-state index is 12.6. The molecule has 1 N–H and O–H groups in total. The maximum atomic E-state index is 12.6. The lowest BCUT2D eigenvalue weighted by Crippen LogP contribution is -2.22. The van der Waals surface area contributed by atoms with Gasteiger partial charge < -0.3 is 14.6 Å². The Morgan fingerprint density at radius 2 is 1.81 bits per heavy atom. The minimum absolute atomic E-state index is 0.178. The van der Waals surface area contributed by atoms with Crippen LogP contribution in [0.4, 0.5) is 5.69 Å². The van der Waals surface area contributed by atoms with E-state index in [9.17, 15) is 9.59 Å². The summed E-state index contributed by atoms with van der Waals surface area (Å²) in [6.45, 7) is 1.79.